The minimum atomic E-state index is -0.821. The van der Waals surface area contributed by atoms with E-state index in [0.29, 0.717) is 19.4 Å². The zero-order valence-electron chi connectivity index (χ0n) is 15.2. The standard InChI is InChI=1S/C21H23N5O/c22-21(12-15-6-1-2-7-16(15)13-21)20(27)25-10-5-8-17(14-25)19-24-23-18-9-3-4-11-26(18)19/h1-4,6-7,9,11,17H,5,8,10,12-14,22H2/t17-/m0/s1. The molecule has 2 aromatic heterocycles. The SMILES string of the molecule is NC1(C(=O)N2CCC[C@H](c3nnc4ccccn34)C2)Cc2ccccc2C1. The molecule has 3 heterocycles. The second-order valence-electron chi connectivity index (χ2n) is 7.86. The lowest BCUT2D eigenvalue weighted by Crippen LogP contribution is -2.57. The van der Waals surface area contributed by atoms with E-state index in [0.717, 1.165) is 30.9 Å². The molecule has 1 aliphatic carbocycles. The lowest BCUT2D eigenvalue weighted by atomic mass is 9.91. The van der Waals surface area contributed by atoms with E-state index in [4.69, 9.17) is 5.73 Å². The van der Waals surface area contributed by atoms with Crippen LogP contribution in [-0.2, 0) is 17.6 Å². The molecule has 1 amide bonds. The molecule has 5 rings (SSSR count). The number of carbonyl (C=O) groups is 1. The van der Waals surface area contributed by atoms with Crippen LogP contribution in [0, 0.1) is 0 Å². The molecular formula is C21H23N5O. The fourth-order valence-electron chi connectivity index (χ4n) is 4.62. The number of fused-ring (bicyclic) bond motifs is 2. The number of nitrogens with zero attached hydrogens (tertiary/aromatic N) is 4. The van der Waals surface area contributed by atoms with Gasteiger partial charge in [0.2, 0.25) is 5.91 Å². The lowest BCUT2D eigenvalue weighted by molar-refractivity contribution is -0.138. The molecule has 6 nitrogen and oxygen atoms in total. The Labute approximate surface area is 158 Å². The summed E-state index contributed by atoms with van der Waals surface area (Å²) in [5, 5.41) is 8.67. The third kappa shape index (κ3) is 2.72. The van der Waals surface area contributed by atoms with Crippen molar-refractivity contribution in [1.82, 2.24) is 19.5 Å². The van der Waals surface area contributed by atoms with Gasteiger partial charge in [0.15, 0.2) is 5.65 Å². The van der Waals surface area contributed by atoms with Crippen molar-refractivity contribution in [2.75, 3.05) is 13.1 Å². The molecule has 1 aliphatic heterocycles. The number of pyridine rings is 1. The van der Waals surface area contributed by atoms with Crippen LogP contribution in [0.15, 0.2) is 48.7 Å². The molecule has 1 aromatic carbocycles. The Hall–Kier alpha value is -2.73. The van der Waals surface area contributed by atoms with Crippen LogP contribution in [0.3, 0.4) is 0 Å². The highest BCUT2D eigenvalue weighted by Gasteiger charge is 2.43. The quantitative estimate of drug-likeness (QED) is 0.757. The van der Waals surface area contributed by atoms with Crippen molar-refractivity contribution < 1.29 is 4.79 Å². The second kappa shape index (κ2) is 6.16. The number of rotatable bonds is 2. The van der Waals surface area contributed by atoms with Gasteiger partial charge in [-0.3, -0.25) is 9.20 Å². The molecular weight excluding hydrogens is 338 g/mol. The fourth-order valence-corrected chi connectivity index (χ4v) is 4.62. The summed E-state index contributed by atoms with van der Waals surface area (Å²) in [7, 11) is 0. The maximum absolute atomic E-state index is 13.3. The third-order valence-electron chi connectivity index (χ3n) is 5.97. The summed E-state index contributed by atoms with van der Waals surface area (Å²) in [4.78, 5) is 15.3. The van der Waals surface area contributed by atoms with Gasteiger partial charge in [0.1, 0.15) is 11.4 Å². The topological polar surface area (TPSA) is 76.5 Å². The first-order chi connectivity index (χ1) is 13.1. The number of nitrogens with two attached hydrogens (primary N) is 1. The predicted octanol–water partition coefficient (Wildman–Crippen LogP) is 1.93. The zero-order chi connectivity index (χ0) is 18.4. The number of piperidine rings is 1. The van der Waals surface area contributed by atoms with Gasteiger partial charge < -0.3 is 10.6 Å². The molecule has 0 bridgehead atoms. The zero-order valence-corrected chi connectivity index (χ0v) is 15.2. The number of hydrogen-bond acceptors (Lipinski definition) is 4. The van der Waals surface area contributed by atoms with E-state index in [1.807, 2.05) is 45.8 Å². The molecule has 3 aromatic rings. The molecule has 0 unspecified atom stereocenters. The number of carbonyl (C=O) groups excluding carboxylic acids is 1. The first kappa shape index (κ1) is 16.4. The van der Waals surface area contributed by atoms with E-state index in [-0.39, 0.29) is 11.8 Å². The van der Waals surface area contributed by atoms with E-state index in [1.54, 1.807) is 0 Å². The van der Waals surface area contributed by atoms with Gasteiger partial charge >= 0.3 is 0 Å². The summed E-state index contributed by atoms with van der Waals surface area (Å²) in [6.45, 7) is 1.42. The van der Waals surface area contributed by atoms with E-state index in [2.05, 4.69) is 22.3 Å². The monoisotopic (exact) mass is 361 g/mol. The second-order valence-corrected chi connectivity index (χ2v) is 7.86. The Morgan fingerprint density at radius 1 is 1.07 bits per heavy atom. The molecule has 1 fully saturated rings. The van der Waals surface area contributed by atoms with Gasteiger partial charge in [-0.15, -0.1) is 10.2 Å². The largest absolute Gasteiger partial charge is 0.340 e. The highest BCUT2D eigenvalue weighted by Crippen LogP contribution is 2.32. The fraction of sp³-hybridized carbons (Fsp3) is 0.381. The van der Waals surface area contributed by atoms with Crippen molar-refractivity contribution in [2.24, 2.45) is 5.73 Å². The van der Waals surface area contributed by atoms with Gasteiger partial charge in [0.25, 0.3) is 0 Å². The van der Waals surface area contributed by atoms with Crippen molar-refractivity contribution in [3.05, 3.63) is 65.6 Å². The summed E-state index contributed by atoms with van der Waals surface area (Å²) in [6, 6.07) is 14.1. The van der Waals surface area contributed by atoms with Crippen LogP contribution in [0.4, 0.5) is 0 Å². The average Bonchev–Trinajstić information content (AvgIpc) is 3.28. The summed E-state index contributed by atoms with van der Waals surface area (Å²) in [5.74, 6) is 1.19. The predicted molar refractivity (Wildman–Crippen MR) is 102 cm³/mol. The molecule has 0 radical (unpaired) electrons. The van der Waals surface area contributed by atoms with Gasteiger partial charge in [0, 0.05) is 25.2 Å². The van der Waals surface area contributed by atoms with Gasteiger partial charge in [-0.05, 0) is 48.9 Å². The molecule has 2 aliphatic rings. The van der Waals surface area contributed by atoms with Crippen LogP contribution in [-0.4, -0.2) is 44.0 Å². The minimum absolute atomic E-state index is 0.0669. The Morgan fingerprint density at radius 3 is 2.59 bits per heavy atom. The number of benzene rings is 1. The lowest BCUT2D eigenvalue weighted by Gasteiger charge is -2.37. The summed E-state index contributed by atoms with van der Waals surface area (Å²) < 4.78 is 2.03. The highest BCUT2D eigenvalue weighted by molar-refractivity contribution is 5.88. The average molecular weight is 361 g/mol. The Balaban J connectivity index is 1.38. The minimum Gasteiger partial charge on any atom is -0.340 e. The highest BCUT2D eigenvalue weighted by atomic mass is 16.2. The Kier molecular flexibility index (Phi) is 3.75. The van der Waals surface area contributed by atoms with Crippen LogP contribution < -0.4 is 5.73 Å². The molecule has 2 N–H and O–H groups in total. The van der Waals surface area contributed by atoms with E-state index >= 15 is 0 Å². The Bertz CT molecular complexity index is 985. The molecule has 6 heteroatoms. The number of likely N-dealkylation sites (tertiary alicyclic amines) is 1. The van der Waals surface area contributed by atoms with Gasteiger partial charge in [-0.1, -0.05) is 30.3 Å². The van der Waals surface area contributed by atoms with Crippen molar-refractivity contribution in [1.29, 1.82) is 0 Å². The van der Waals surface area contributed by atoms with Crippen LogP contribution in [0.5, 0.6) is 0 Å². The van der Waals surface area contributed by atoms with Gasteiger partial charge in [0.05, 0.1) is 0 Å². The van der Waals surface area contributed by atoms with Crippen LogP contribution in [0.2, 0.25) is 0 Å². The summed E-state index contributed by atoms with van der Waals surface area (Å²) in [5.41, 5.74) is 9.04. The number of amides is 1. The van der Waals surface area contributed by atoms with E-state index in [9.17, 15) is 4.79 Å². The number of hydrogen-bond donors (Lipinski definition) is 1. The third-order valence-corrected chi connectivity index (χ3v) is 5.97. The van der Waals surface area contributed by atoms with E-state index in [1.165, 1.54) is 11.1 Å². The molecule has 138 valence electrons. The first-order valence-corrected chi connectivity index (χ1v) is 9.59. The Morgan fingerprint density at radius 2 is 1.81 bits per heavy atom. The van der Waals surface area contributed by atoms with Crippen LogP contribution in [0.1, 0.15) is 35.7 Å². The maximum atomic E-state index is 13.3. The normalized spacial score (nSPS) is 21.4. The first-order valence-electron chi connectivity index (χ1n) is 9.59. The summed E-state index contributed by atoms with van der Waals surface area (Å²) >= 11 is 0. The molecule has 0 spiro atoms. The molecule has 1 atom stereocenters. The summed E-state index contributed by atoms with van der Waals surface area (Å²) in [6.07, 6.45) is 5.20. The van der Waals surface area contributed by atoms with Crippen molar-refractivity contribution in [2.45, 2.75) is 37.1 Å². The number of aromatic nitrogens is 3. The van der Waals surface area contributed by atoms with Crippen LogP contribution in [0.25, 0.3) is 5.65 Å². The van der Waals surface area contributed by atoms with Crippen molar-refractivity contribution >= 4 is 11.6 Å². The molecule has 27 heavy (non-hydrogen) atoms. The van der Waals surface area contributed by atoms with Gasteiger partial charge in [-0.2, -0.15) is 0 Å². The van der Waals surface area contributed by atoms with Gasteiger partial charge in [-0.25, -0.2) is 0 Å². The molecule has 0 saturated carbocycles. The van der Waals surface area contributed by atoms with Crippen molar-refractivity contribution in [3.63, 3.8) is 0 Å². The van der Waals surface area contributed by atoms with E-state index < -0.39 is 5.54 Å². The van der Waals surface area contributed by atoms with Crippen LogP contribution >= 0.6 is 0 Å². The maximum Gasteiger partial charge on any atom is 0.243 e. The smallest absolute Gasteiger partial charge is 0.243 e. The molecule has 1 saturated heterocycles. The van der Waals surface area contributed by atoms with Crippen molar-refractivity contribution in [3.8, 4) is 0 Å².